The molecule has 1 saturated heterocycles. The molecule has 3 aromatic heterocycles. The maximum Gasteiger partial charge on any atom is 0.229 e. The first-order valence-electron chi connectivity index (χ1n) is 14.8. The van der Waals surface area contributed by atoms with E-state index >= 15 is 0 Å². The Morgan fingerprint density at radius 1 is 1.30 bits per heavy atom. The Labute approximate surface area is 263 Å². The molecule has 11 nitrogen and oxygen atoms in total. The van der Waals surface area contributed by atoms with E-state index in [-0.39, 0.29) is 23.3 Å². The Morgan fingerprint density at radius 3 is 2.84 bits per heavy atom. The molecule has 1 amide bonds. The van der Waals surface area contributed by atoms with Gasteiger partial charge >= 0.3 is 0 Å². The monoisotopic (exact) mass is 662 g/mol. The van der Waals surface area contributed by atoms with Gasteiger partial charge in [0.25, 0.3) is 0 Å². The zero-order valence-electron chi connectivity index (χ0n) is 24.6. The largest absolute Gasteiger partial charge is 0.351 e. The number of carbonyl (C=O) groups excluding carboxylic acids is 1. The van der Waals surface area contributed by atoms with Crippen LogP contribution in [-0.4, -0.2) is 73.0 Å². The molecular weight excluding hydrogens is 628 g/mol. The molecule has 43 heavy (non-hydrogen) atoms. The average Bonchev–Trinajstić information content (AvgIpc) is 3.73. The number of nitriles is 1. The number of carbonyl (C=O) groups is 1. The first kappa shape index (κ1) is 29.6. The van der Waals surface area contributed by atoms with Gasteiger partial charge in [-0.15, -0.1) is 10.2 Å². The van der Waals surface area contributed by atoms with Crippen LogP contribution in [0.15, 0.2) is 29.0 Å². The van der Waals surface area contributed by atoms with E-state index in [0.717, 1.165) is 77.7 Å². The molecule has 1 aromatic carbocycles. The normalized spacial score (nSPS) is 20.6. The highest BCUT2D eigenvalue weighted by Gasteiger charge is 2.49. The zero-order valence-corrected chi connectivity index (χ0v) is 27.0. The van der Waals surface area contributed by atoms with E-state index in [1.165, 1.54) is 11.3 Å². The van der Waals surface area contributed by atoms with Gasteiger partial charge in [0.2, 0.25) is 11.9 Å². The Hall–Kier alpha value is -3.47. The smallest absolute Gasteiger partial charge is 0.229 e. The highest BCUT2D eigenvalue weighted by atomic mass is 79.9. The highest BCUT2D eigenvalue weighted by Crippen LogP contribution is 2.46. The van der Waals surface area contributed by atoms with Crippen molar-refractivity contribution in [1.29, 1.82) is 5.26 Å². The molecule has 0 radical (unpaired) electrons. The van der Waals surface area contributed by atoms with E-state index < -0.39 is 0 Å². The van der Waals surface area contributed by atoms with Crippen LogP contribution in [0, 0.1) is 29.6 Å². The molecule has 2 fully saturated rings. The second-order valence-electron chi connectivity index (χ2n) is 11.7. The van der Waals surface area contributed by atoms with Crippen LogP contribution in [0.1, 0.15) is 50.1 Å². The van der Waals surface area contributed by atoms with Gasteiger partial charge in [-0.05, 0) is 78.2 Å². The lowest BCUT2D eigenvalue weighted by Gasteiger charge is -2.39. The first-order valence-corrected chi connectivity index (χ1v) is 16.4. The van der Waals surface area contributed by atoms with E-state index in [9.17, 15) is 10.1 Å². The van der Waals surface area contributed by atoms with Crippen molar-refractivity contribution < 1.29 is 4.79 Å². The summed E-state index contributed by atoms with van der Waals surface area (Å²) in [5, 5.41) is 32.0. The molecule has 224 valence electrons. The molecule has 1 aliphatic heterocycles. The summed E-state index contributed by atoms with van der Waals surface area (Å²) in [6, 6.07) is 8.41. The van der Waals surface area contributed by atoms with Crippen molar-refractivity contribution in [2.45, 2.75) is 58.9 Å². The molecule has 2 N–H and O–H groups in total. The summed E-state index contributed by atoms with van der Waals surface area (Å²) < 4.78 is 2.45. The number of aromatic nitrogens is 6. The number of hydrogen-bond acceptors (Lipinski definition) is 10. The summed E-state index contributed by atoms with van der Waals surface area (Å²) >= 11 is 5.12. The van der Waals surface area contributed by atoms with Crippen molar-refractivity contribution in [1.82, 2.24) is 40.2 Å². The Kier molecular flexibility index (Phi) is 8.44. The number of nitrogens with one attached hydrogen (secondary N) is 2. The molecule has 6 rings (SSSR count). The van der Waals surface area contributed by atoms with Crippen molar-refractivity contribution >= 4 is 50.2 Å². The molecule has 0 unspecified atom stereocenters. The van der Waals surface area contributed by atoms with E-state index in [4.69, 9.17) is 10.1 Å². The van der Waals surface area contributed by atoms with Gasteiger partial charge in [0.15, 0.2) is 5.65 Å². The van der Waals surface area contributed by atoms with Crippen LogP contribution in [0.5, 0.6) is 0 Å². The summed E-state index contributed by atoms with van der Waals surface area (Å²) in [5.74, 6) is 1.04. The number of piperazine rings is 1. The lowest BCUT2D eigenvalue weighted by molar-refractivity contribution is -0.145. The van der Waals surface area contributed by atoms with Gasteiger partial charge in [-0.3, -0.25) is 4.79 Å². The number of rotatable bonds is 8. The molecule has 13 heteroatoms. The second kappa shape index (κ2) is 12.3. The third-order valence-electron chi connectivity index (χ3n) is 8.79. The van der Waals surface area contributed by atoms with Crippen LogP contribution in [0.25, 0.3) is 27.3 Å². The molecule has 4 aromatic rings. The van der Waals surface area contributed by atoms with Crippen LogP contribution >= 0.6 is 27.3 Å². The van der Waals surface area contributed by atoms with Gasteiger partial charge in [-0.1, -0.05) is 25.2 Å². The van der Waals surface area contributed by atoms with Crippen LogP contribution in [0.4, 0.5) is 5.95 Å². The summed E-state index contributed by atoms with van der Waals surface area (Å²) in [5.41, 5.74) is 3.10. The summed E-state index contributed by atoms with van der Waals surface area (Å²) in [6.45, 7) is 9.51. The van der Waals surface area contributed by atoms with Crippen LogP contribution in [0.3, 0.4) is 0 Å². The highest BCUT2D eigenvalue weighted by molar-refractivity contribution is 9.10. The Balaban J connectivity index is 1.28. The van der Waals surface area contributed by atoms with Gasteiger partial charge < -0.3 is 15.5 Å². The van der Waals surface area contributed by atoms with Gasteiger partial charge in [-0.25, -0.2) is 9.67 Å². The average molecular weight is 664 g/mol. The van der Waals surface area contributed by atoms with E-state index in [0.29, 0.717) is 29.0 Å². The molecule has 2 aliphatic rings. The number of halogens is 1. The molecule has 0 bridgehead atoms. The first-order chi connectivity index (χ1) is 20.8. The SMILES string of the molecule is Cc1nnc(-c2ccc(-n3nc(Br)c4cnc(N[C@@H]5CC[C@](C(=O)N6CCNCC6)(C(C)C)C5)nc43)cc2CCC#N)s1. The summed E-state index contributed by atoms with van der Waals surface area (Å²) in [7, 11) is 0. The lowest BCUT2D eigenvalue weighted by Crippen LogP contribution is -2.53. The molecular formula is C30H35BrN10OS. The quantitative estimate of drug-likeness (QED) is 0.270. The molecule has 1 aliphatic carbocycles. The standard InChI is InChI=1S/C30H35BrN10OS/c1-18(2)30(28(42)40-13-11-33-12-14-40)9-8-21(16-30)35-29-34-17-24-25(31)39-41(26(24)36-29)22-6-7-23(20(15-22)5-4-10-32)27-38-37-19(3)43-27/h6-7,15,17-18,21,33H,4-5,8-9,11-14,16H2,1-3H3,(H,34,35,36)/t21-,30-/m1/s1. The fourth-order valence-corrected chi connectivity index (χ4v) is 7.56. The number of benzene rings is 1. The van der Waals surface area contributed by atoms with Crippen LogP contribution < -0.4 is 10.6 Å². The third-order valence-corrected chi connectivity index (χ3v) is 10.3. The maximum atomic E-state index is 13.7. The fraction of sp³-hybridized carbons (Fsp3) is 0.500. The number of nitrogens with zero attached hydrogens (tertiary/aromatic N) is 8. The van der Waals surface area contributed by atoms with Crippen molar-refractivity contribution in [2.24, 2.45) is 11.3 Å². The number of aryl methyl sites for hydroxylation is 2. The van der Waals surface area contributed by atoms with E-state index in [1.807, 2.05) is 30.0 Å². The van der Waals surface area contributed by atoms with E-state index in [2.05, 4.69) is 61.7 Å². The number of hydrogen-bond donors (Lipinski definition) is 2. The summed E-state index contributed by atoms with van der Waals surface area (Å²) in [4.78, 5) is 25.3. The van der Waals surface area contributed by atoms with Gasteiger partial charge in [-0.2, -0.15) is 15.3 Å². The predicted octanol–water partition coefficient (Wildman–Crippen LogP) is 4.90. The molecule has 4 heterocycles. The Bertz CT molecular complexity index is 1690. The minimum Gasteiger partial charge on any atom is -0.351 e. The van der Waals surface area contributed by atoms with Crippen molar-refractivity contribution in [2.75, 3.05) is 31.5 Å². The zero-order chi connectivity index (χ0) is 30.1. The van der Waals surface area contributed by atoms with Gasteiger partial charge in [0, 0.05) is 50.4 Å². The minimum atomic E-state index is -0.378. The van der Waals surface area contributed by atoms with Crippen molar-refractivity contribution in [3.05, 3.63) is 39.6 Å². The van der Waals surface area contributed by atoms with Crippen LogP contribution in [0.2, 0.25) is 0 Å². The number of anilines is 1. The van der Waals surface area contributed by atoms with Gasteiger partial charge in [0.05, 0.1) is 22.6 Å². The number of amides is 1. The van der Waals surface area contributed by atoms with Gasteiger partial charge in [0.1, 0.15) is 14.6 Å². The van der Waals surface area contributed by atoms with Crippen LogP contribution in [-0.2, 0) is 11.2 Å². The minimum absolute atomic E-state index is 0.0961. The maximum absolute atomic E-state index is 13.7. The fourth-order valence-electron chi connectivity index (χ4n) is 6.37. The lowest BCUT2D eigenvalue weighted by atomic mass is 9.74. The van der Waals surface area contributed by atoms with E-state index in [1.54, 1.807) is 10.9 Å². The second-order valence-corrected chi connectivity index (χ2v) is 13.6. The predicted molar refractivity (Wildman–Crippen MR) is 170 cm³/mol. The topological polar surface area (TPSA) is 138 Å². The summed E-state index contributed by atoms with van der Waals surface area (Å²) in [6.07, 6.45) is 5.26. The molecule has 0 spiro atoms. The Morgan fingerprint density at radius 2 is 2.12 bits per heavy atom. The molecule has 2 atom stereocenters. The molecule has 1 saturated carbocycles. The third kappa shape index (κ3) is 5.75. The van der Waals surface area contributed by atoms with Crippen molar-refractivity contribution in [3.8, 4) is 22.3 Å². The van der Waals surface area contributed by atoms with Crippen molar-refractivity contribution in [3.63, 3.8) is 0 Å². The number of fused-ring (bicyclic) bond motifs is 1.